The summed E-state index contributed by atoms with van der Waals surface area (Å²) in [7, 11) is 0. The van der Waals surface area contributed by atoms with Crippen LogP contribution in [0.3, 0.4) is 0 Å². The summed E-state index contributed by atoms with van der Waals surface area (Å²) in [4.78, 5) is 0. The molecule has 0 N–H and O–H groups in total. The summed E-state index contributed by atoms with van der Waals surface area (Å²) < 4.78 is 1.87. The lowest BCUT2D eigenvalue weighted by Crippen LogP contribution is -1.87. The summed E-state index contributed by atoms with van der Waals surface area (Å²) in [6.45, 7) is 0. The van der Waals surface area contributed by atoms with E-state index in [4.69, 9.17) is 0 Å². The SMILES string of the molecule is N#C/C(=C\c1ccccc1Br)c1ccc(/C(C#N)=C/c2ccccc2Br)cc1. The van der Waals surface area contributed by atoms with Crippen molar-refractivity contribution in [3.05, 3.63) is 104 Å². The van der Waals surface area contributed by atoms with E-state index in [1.54, 1.807) is 0 Å². The third-order valence-electron chi connectivity index (χ3n) is 4.16. The molecule has 0 unspecified atom stereocenters. The minimum absolute atomic E-state index is 0.562. The molecular formula is C24H14Br2N2. The smallest absolute Gasteiger partial charge is 0.0998 e. The van der Waals surface area contributed by atoms with E-state index in [2.05, 4.69) is 44.0 Å². The molecule has 3 rings (SSSR count). The Kier molecular flexibility index (Phi) is 6.61. The minimum Gasteiger partial charge on any atom is -0.192 e. The van der Waals surface area contributed by atoms with E-state index in [0.29, 0.717) is 11.1 Å². The van der Waals surface area contributed by atoms with Gasteiger partial charge in [0.2, 0.25) is 0 Å². The highest BCUT2D eigenvalue weighted by Gasteiger charge is 2.06. The second-order valence-electron chi connectivity index (χ2n) is 5.96. The maximum atomic E-state index is 9.58. The number of nitriles is 2. The first-order valence-corrected chi connectivity index (χ1v) is 10.0. The predicted molar refractivity (Wildman–Crippen MR) is 122 cm³/mol. The van der Waals surface area contributed by atoms with Gasteiger partial charge in [-0.05, 0) is 46.5 Å². The second kappa shape index (κ2) is 9.33. The van der Waals surface area contributed by atoms with Crippen molar-refractivity contribution in [3.8, 4) is 12.1 Å². The number of allylic oxidation sites excluding steroid dienone is 2. The average molecular weight is 490 g/mol. The summed E-state index contributed by atoms with van der Waals surface area (Å²) in [5.41, 5.74) is 4.61. The molecule has 0 aromatic heterocycles. The lowest BCUT2D eigenvalue weighted by Gasteiger charge is -2.05. The van der Waals surface area contributed by atoms with E-state index >= 15 is 0 Å². The van der Waals surface area contributed by atoms with Gasteiger partial charge < -0.3 is 0 Å². The van der Waals surface area contributed by atoms with Gasteiger partial charge in [-0.25, -0.2) is 0 Å². The van der Waals surface area contributed by atoms with Crippen LogP contribution in [0.1, 0.15) is 22.3 Å². The quantitative estimate of drug-likeness (QED) is 0.284. The fourth-order valence-electron chi connectivity index (χ4n) is 2.68. The third kappa shape index (κ3) is 4.67. The molecule has 0 radical (unpaired) electrons. The van der Waals surface area contributed by atoms with Gasteiger partial charge in [-0.15, -0.1) is 0 Å². The van der Waals surface area contributed by atoms with Gasteiger partial charge in [0.1, 0.15) is 0 Å². The van der Waals surface area contributed by atoms with E-state index in [-0.39, 0.29) is 0 Å². The number of halogens is 2. The number of hydrogen-bond donors (Lipinski definition) is 0. The first-order chi connectivity index (χ1) is 13.6. The number of nitrogens with zero attached hydrogens (tertiary/aromatic N) is 2. The van der Waals surface area contributed by atoms with E-state index in [0.717, 1.165) is 31.2 Å². The van der Waals surface area contributed by atoms with Gasteiger partial charge >= 0.3 is 0 Å². The molecule has 2 nitrogen and oxygen atoms in total. The van der Waals surface area contributed by atoms with Crippen LogP contribution in [0.25, 0.3) is 23.3 Å². The van der Waals surface area contributed by atoms with E-state index in [1.807, 2.05) is 84.9 Å². The van der Waals surface area contributed by atoms with Crippen molar-refractivity contribution in [3.63, 3.8) is 0 Å². The zero-order valence-electron chi connectivity index (χ0n) is 14.7. The molecule has 0 heterocycles. The van der Waals surface area contributed by atoms with E-state index in [1.165, 1.54) is 0 Å². The van der Waals surface area contributed by atoms with Crippen molar-refractivity contribution >= 4 is 55.2 Å². The Labute approximate surface area is 181 Å². The maximum Gasteiger partial charge on any atom is 0.0998 e. The fourth-order valence-corrected chi connectivity index (χ4v) is 3.48. The van der Waals surface area contributed by atoms with Gasteiger partial charge in [-0.1, -0.05) is 92.5 Å². The van der Waals surface area contributed by atoms with Crippen LogP contribution < -0.4 is 0 Å². The molecule has 3 aromatic carbocycles. The third-order valence-corrected chi connectivity index (χ3v) is 5.60. The Morgan fingerprint density at radius 3 is 1.29 bits per heavy atom. The van der Waals surface area contributed by atoms with Crippen molar-refractivity contribution < 1.29 is 0 Å². The molecule has 3 aromatic rings. The van der Waals surface area contributed by atoms with Crippen LogP contribution in [0, 0.1) is 22.7 Å². The molecule has 0 aliphatic carbocycles. The Bertz CT molecular complexity index is 1050. The molecule has 0 spiro atoms. The van der Waals surface area contributed by atoms with E-state index < -0.39 is 0 Å². The molecule has 4 heteroatoms. The predicted octanol–water partition coefficient (Wildman–Crippen LogP) is 7.34. The summed E-state index contributed by atoms with van der Waals surface area (Å²) >= 11 is 7.01. The second-order valence-corrected chi connectivity index (χ2v) is 7.67. The molecule has 0 aliphatic heterocycles. The summed E-state index contributed by atoms with van der Waals surface area (Å²) in [5.74, 6) is 0. The molecule has 0 saturated heterocycles. The zero-order valence-corrected chi connectivity index (χ0v) is 17.9. The molecule has 0 saturated carbocycles. The summed E-state index contributed by atoms with van der Waals surface area (Å²) in [6, 6.07) is 27.5. The molecule has 0 amide bonds. The highest BCUT2D eigenvalue weighted by atomic mass is 79.9. The summed E-state index contributed by atoms with van der Waals surface area (Å²) in [5, 5.41) is 19.2. The minimum atomic E-state index is 0.562. The normalized spacial score (nSPS) is 11.6. The molecule has 0 atom stereocenters. The van der Waals surface area contributed by atoms with Crippen LogP contribution in [0.4, 0.5) is 0 Å². The van der Waals surface area contributed by atoms with Gasteiger partial charge in [0, 0.05) is 8.95 Å². The van der Waals surface area contributed by atoms with Crippen LogP contribution in [-0.2, 0) is 0 Å². The van der Waals surface area contributed by atoms with Crippen molar-refractivity contribution in [2.45, 2.75) is 0 Å². The summed E-state index contributed by atoms with van der Waals surface area (Å²) in [6.07, 6.45) is 3.70. The highest BCUT2D eigenvalue weighted by Crippen LogP contribution is 2.26. The van der Waals surface area contributed by atoms with Crippen LogP contribution in [0.15, 0.2) is 81.7 Å². The molecular weight excluding hydrogens is 476 g/mol. The zero-order chi connectivity index (χ0) is 19.9. The molecule has 0 bridgehead atoms. The van der Waals surface area contributed by atoms with Gasteiger partial charge in [0.15, 0.2) is 0 Å². The monoisotopic (exact) mass is 488 g/mol. The first kappa shape index (κ1) is 19.8. The van der Waals surface area contributed by atoms with Gasteiger partial charge in [0.25, 0.3) is 0 Å². The Hall–Kier alpha value is -2.92. The van der Waals surface area contributed by atoms with Crippen LogP contribution in [0.2, 0.25) is 0 Å². The van der Waals surface area contributed by atoms with Crippen molar-refractivity contribution in [2.75, 3.05) is 0 Å². The average Bonchev–Trinajstić information content (AvgIpc) is 2.73. The number of hydrogen-bond acceptors (Lipinski definition) is 2. The number of benzene rings is 3. The van der Waals surface area contributed by atoms with E-state index in [9.17, 15) is 10.5 Å². The van der Waals surface area contributed by atoms with Gasteiger partial charge in [-0.2, -0.15) is 10.5 Å². The van der Waals surface area contributed by atoms with Crippen molar-refractivity contribution in [1.29, 1.82) is 10.5 Å². The molecule has 0 aliphatic rings. The largest absolute Gasteiger partial charge is 0.192 e. The van der Waals surface area contributed by atoms with Crippen LogP contribution >= 0.6 is 31.9 Å². The van der Waals surface area contributed by atoms with Crippen molar-refractivity contribution in [2.24, 2.45) is 0 Å². The van der Waals surface area contributed by atoms with Gasteiger partial charge in [0.05, 0.1) is 23.3 Å². The van der Waals surface area contributed by atoms with Crippen LogP contribution in [-0.4, -0.2) is 0 Å². The first-order valence-electron chi connectivity index (χ1n) is 8.46. The van der Waals surface area contributed by atoms with Gasteiger partial charge in [-0.3, -0.25) is 0 Å². The Morgan fingerprint density at radius 2 is 0.964 bits per heavy atom. The standard InChI is InChI=1S/C24H14Br2N2/c25-23-7-3-1-5-19(23)13-21(15-27)17-9-11-18(12-10-17)22(16-28)14-20-6-2-4-8-24(20)26/h1-14H/b21-13+,22-14+. The highest BCUT2D eigenvalue weighted by molar-refractivity contribution is 9.10. The maximum absolute atomic E-state index is 9.58. The Morgan fingerprint density at radius 1 is 0.607 bits per heavy atom. The van der Waals surface area contributed by atoms with Crippen LogP contribution in [0.5, 0.6) is 0 Å². The lowest BCUT2D eigenvalue weighted by atomic mass is 9.99. The lowest BCUT2D eigenvalue weighted by molar-refractivity contribution is 1.50. The fraction of sp³-hybridized carbons (Fsp3) is 0. The van der Waals surface area contributed by atoms with Crippen molar-refractivity contribution in [1.82, 2.24) is 0 Å². The molecule has 28 heavy (non-hydrogen) atoms. The number of rotatable bonds is 4. The molecule has 0 fully saturated rings. The topological polar surface area (TPSA) is 47.6 Å². The Balaban J connectivity index is 1.94. The molecule has 134 valence electrons.